The summed E-state index contributed by atoms with van der Waals surface area (Å²) in [5.41, 5.74) is 1.22. The van der Waals surface area contributed by atoms with Crippen molar-refractivity contribution in [2.45, 2.75) is 39.3 Å². The summed E-state index contributed by atoms with van der Waals surface area (Å²) >= 11 is 0. The molecule has 1 aliphatic heterocycles. The Hall–Kier alpha value is -1.88. The van der Waals surface area contributed by atoms with E-state index in [2.05, 4.69) is 29.3 Å². The minimum absolute atomic E-state index is 0.0732. The highest BCUT2D eigenvalue weighted by Gasteiger charge is 2.22. The lowest BCUT2D eigenvalue weighted by molar-refractivity contribution is -0.130. The molecule has 5 heteroatoms. The van der Waals surface area contributed by atoms with Gasteiger partial charge in [-0.05, 0) is 24.9 Å². The monoisotopic (exact) mass is 317 g/mol. The Morgan fingerprint density at radius 2 is 1.87 bits per heavy atom. The van der Waals surface area contributed by atoms with Crippen LogP contribution in [0.2, 0.25) is 0 Å². The Bertz CT molecular complexity index is 510. The number of nitrogens with zero attached hydrogens (tertiary/aromatic N) is 2. The van der Waals surface area contributed by atoms with Crippen molar-refractivity contribution in [2.75, 3.05) is 26.2 Å². The van der Waals surface area contributed by atoms with Gasteiger partial charge in [0.15, 0.2) is 0 Å². The molecular formula is C18H27N3O2. The molecule has 0 spiro atoms. The van der Waals surface area contributed by atoms with Gasteiger partial charge >= 0.3 is 0 Å². The molecule has 2 rings (SSSR count). The first-order chi connectivity index (χ1) is 11.1. The van der Waals surface area contributed by atoms with Crippen LogP contribution in [-0.4, -0.2) is 53.8 Å². The maximum absolute atomic E-state index is 12.3. The highest BCUT2D eigenvalue weighted by atomic mass is 16.2. The van der Waals surface area contributed by atoms with Crippen LogP contribution in [0.15, 0.2) is 30.3 Å². The third-order valence-electron chi connectivity index (χ3n) is 4.37. The van der Waals surface area contributed by atoms with E-state index in [0.717, 1.165) is 39.0 Å². The van der Waals surface area contributed by atoms with Gasteiger partial charge in [0.25, 0.3) is 0 Å². The summed E-state index contributed by atoms with van der Waals surface area (Å²) in [6.45, 7) is 7.18. The zero-order valence-electron chi connectivity index (χ0n) is 14.1. The van der Waals surface area contributed by atoms with Crippen LogP contribution in [0.4, 0.5) is 0 Å². The second-order valence-electron chi connectivity index (χ2n) is 6.14. The minimum Gasteiger partial charge on any atom is -0.352 e. The zero-order chi connectivity index (χ0) is 16.7. The van der Waals surface area contributed by atoms with Crippen LogP contribution in [0.5, 0.6) is 0 Å². The fourth-order valence-corrected chi connectivity index (χ4v) is 2.94. The number of likely N-dealkylation sites (N-methyl/N-ethyl adjacent to an activating group) is 1. The molecule has 126 valence electrons. The lowest BCUT2D eigenvalue weighted by Crippen LogP contribution is -2.48. The fraction of sp³-hybridized carbons (Fsp3) is 0.556. The van der Waals surface area contributed by atoms with Crippen LogP contribution in [-0.2, 0) is 16.1 Å². The van der Waals surface area contributed by atoms with Gasteiger partial charge < -0.3 is 10.2 Å². The predicted octanol–water partition coefficient (Wildman–Crippen LogP) is 1.64. The van der Waals surface area contributed by atoms with Crippen LogP contribution in [0, 0.1) is 0 Å². The molecule has 1 aromatic carbocycles. The van der Waals surface area contributed by atoms with Gasteiger partial charge in [0.2, 0.25) is 11.8 Å². The molecule has 23 heavy (non-hydrogen) atoms. The van der Waals surface area contributed by atoms with E-state index in [1.54, 1.807) is 6.92 Å². The van der Waals surface area contributed by atoms with Crippen molar-refractivity contribution in [3.05, 3.63) is 35.9 Å². The number of hydrogen-bond acceptors (Lipinski definition) is 3. The fourth-order valence-electron chi connectivity index (χ4n) is 2.94. The standard InChI is InChI=1S/C18H27N3O2/c1-3-20(13-16-7-5-4-6-8-16)14-18(23)19-17-9-11-21(12-10-17)15(2)22/h4-8,17H,3,9-14H2,1-2H3,(H,19,23). The predicted molar refractivity (Wildman–Crippen MR) is 90.8 cm³/mol. The molecule has 0 aromatic heterocycles. The third-order valence-corrected chi connectivity index (χ3v) is 4.37. The Labute approximate surface area is 138 Å². The van der Waals surface area contributed by atoms with Crippen molar-refractivity contribution in [1.82, 2.24) is 15.1 Å². The Balaban J connectivity index is 1.76. The van der Waals surface area contributed by atoms with Crippen LogP contribution in [0.25, 0.3) is 0 Å². The Morgan fingerprint density at radius 3 is 2.43 bits per heavy atom. The largest absolute Gasteiger partial charge is 0.352 e. The van der Waals surface area contributed by atoms with Crippen LogP contribution in [0.1, 0.15) is 32.3 Å². The molecule has 1 aliphatic rings. The summed E-state index contributed by atoms with van der Waals surface area (Å²) in [6.07, 6.45) is 1.69. The normalized spacial score (nSPS) is 15.7. The highest BCUT2D eigenvalue weighted by Crippen LogP contribution is 2.10. The van der Waals surface area contributed by atoms with Crippen molar-refractivity contribution in [3.63, 3.8) is 0 Å². The zero-order valence-corrected chi connectivity index (χ0v) is 14.1. The number of piperidine rings is 1. The molecular weight excluding hydrogens is 290 g/mol. The third kappa shape index (κ3) is 5.67. The van der Waals surface area contributed by atoms with Gasteiger partial charge in [0.05, 0.1) is 6.54 Å². The van der Waals surface area contributed by atoms with Crippen molar-refractivity contribution in [3.8, 4) is 0 Å². The number of carbonyl (C=O) groups is 2. The van der Waals surface area contributed by atoms with E-state index in [1.807, 2.05) is 23.1 Å². The number of nitrogens with one attached hydrogen (secondary N) is 1. The number of hydrogen-bond donors (Lipinski definition) is 1. The SMILES string of the molecule is CCN(CC(=O)NC1CCN(C(C)=O)CC1)Cc1ccccc1. The molecule has 0 atom stereocenters. The molecule has 0 saturated carbocycles. The summed E-state index contributed by atoms with van der Waals surface area (Å²) in [5.74, 6) is 0.193. The van der Waals surface area contributed by atoms with E-state index >= 15 is 0 Å². The van der Waals surface area contributed by atoms with Gasteiger partial charge in [0, 0.05) is 32.6 Å². The first-order valence-corrected chi connectivity index (χ1v) is 8.39. The van der Waals surface area contributed by atoms with E-state index in [4.69, 9.17) is 0 Å². The first kappa shape index (κ1) is 17.5. The molecule has 0 aliphatic carbocycles. The van der Waals surface area contributed by atoms with Gasteiger partial charge in [-0.1, -0.05) is 37.3 Å². The molecule has 5 nitrogen and oxygen atoms in total. The summed E-state index contributed by atoms with van der Waals surface area (Å²) in [7, 11) is 0. The van der Waals surface area contributed by atoms with E-state index in [-0.39, 0.29) is 17.9 Å². The highest BCUT2D eigenvalue weighted by molar-refractivity contribution is 5.78. The molecule has 1 saturated heterocycles. The lowest BCUT2D eigenvalue weighted by atomic mass is 10.1. The Morgan fingerprint density at radius 1 is 1.22 bits per heavy atom. The average molecular weight is 317 g/mol. The lowest BCUT2D eigenvalue weighted by Gasteiger charge is -2.32. The molecule has 1 N–H and O–H groups in total. The van der Waals surface area contributed by atoms with Crippen LogP contribution < -0.4 is 5.32 Å². The number of amides is 2. The van der Waals surface area contributed by atoms with E-state index < -0.39 is 0 Å². The van der Waals surface area contributed by atoms with Crippen molar-refractivity contribution in [2.24, 2.45) is 0 Å². The molecule has 1 fully saturated rings. The summed E-state index contributed by atoms with van der Waals surface area (Å²) in [4.78, 5) is 27.5. The van der Waals surface area contributed by atoms with Gasteiger partial charge in [0.1, 0.15) is 0 Å². The van der Waals surface area contributed by atoms with Crippen molar-refractivity contribution < 1.29 is 9.59 Å². The second-order valence-corrected chi connectivity index (χ2v) is 6.14. The smallest absolute Gasteiger partial charge is 0.234 e. The molecule has 1 aromatic rings. The number of benzene rings is 1. The number of carbonyl (C=O) groups excluding carboxylic acids is 2. The minimum atomic E-state index is 0.0732. The average Bonchev–Trinajstić information content (AvgIpc) is 2.55. The second kappa shape index (κ2) is 8.67. The maximum atomic E-state index is 12.3. The van der Waals surface area contributed by atoms with Crippen LogP contribution in [0.3, 0.4) is 0 Å². The van der Waals surface area contributed by atoms with E-state index in [1.165, 1.54) is 5.56 Å². The molecule has 0 bridgehead atoms. The van der Waals surface area contributed by atoms with Gasteiger partial charge in [-0.15, -0.1) is 0 Å². The number of rotatable bonds is 6. The topological polar surface area (TPSA) is 52.7 Å². The van der Waals surface area contributed by atoms with E-state index in [9.17, 15) is 9.59 Å². The molecule has 0 radical (unpaired) electrons. The summed E-state index contributed by atoms with van der Waals surface area (Å²) in [6, 6.07) is 10.4. The molecule has 0 unspecified atom stereocenters. The van der Waals surface area contributed by atoms with Crippen molar-refractivity contribution >= 4 is 11.8 Å². The maximum Gasteiger partial charge on any atom is 0.234 e. The molecule has 2 amide bonds. The van der Waals surface area contributed by atoms with Crippen LogP contribution >= 0.6 is 0 Å². The quantitative estimate of drug-likeness (QED) is 0.868. The van der Waals surface area contributed by atoms with E-state index in [0.29, 0.717) is 6.54 Å². The van der Waals surface area contributed by atoms with Crippen molar-refractivity contribution in [1.29, 1.82) is 0 Å². The number of likely N-dealkylation sites (tertiary alicyclic amines) is 1. The summed E-state index contributed by atoms with van der Waals surface area (Å²) in [5, 5.41) is 3.11. The Kier molecular flexibility index (Phi) is 6.59. The van der Waals surface area contributed by atoms with Gasteiger partial charge in [-0.3, -0.25) is 14.5 Å². The van der Waals surface area contributed by atoms with Gasteiger partial charge in [-0.2, -0.15) is 0 Å². The molecule has 1 heterocycles. The first-order valence-electron chi connectivity index (χ1n) is 8.39. The summed E-state index contributed by atoms with van der Waals surface area (Å²) < 4.78 is 0. The van der Waals surface area contributed by atoms with Gasteiger partial charge in [-0.25, -0.2) is 0 Å².